The average Bonchev–Trinajstić information content (AvgIpc) is 2.50. The van der Waals surface area contributed by atoms with Gasteiger partial charge in [-0.25, -0.2) is 0 Å². The molecule has 0 aromatic heterocycles. The zero-order valence-electron chi connectivity index (χ0n) is 11.7. The van der Waals surface area contributed by atoms with Crippen LogP contribution in [-0.2, 0) is 10.1 Å². The molecule has 0 heterocycles. The first-order valence-electron chi connectivity index (χ1n) is 5.99. The van der Waals surface area contributed by atoms with Crippen molar-refractivity contribution in [2.75, 3.05) is 14.2 Å². The number of hydrogen-bond donors (Lipinski definition) is 0. The molecule has 0 aliphatic heterocycles. The summed E-state index contributed by atoms with van der Waals surface area (Å²) in [5.74, 6) is 0.537. The molecule has 0 spiro atoms. The Balaban J connectivity index is 2.43. The summed E-state index contributed by atoms with van der Waals surface area (Å²) in [6.07, 6.45) is 0. The van der Waals surface area contributed by atoms with E-state index in [-0.39, 0.29) is 26.4 Å². The van der Waals surface area contributed by atoms with Crippen LogP contribution in [-0.4, -0.2) is 22.6 Å². The molecule has 0 unspecified atom stereocenters. The second-order valence-electron chi connectivity index (χ2n) is 4.11. The summed E-state index contributed by atoms with van der Waals surface area (Å²) in [4.78, 5) is -0.110. The molecule has 5 nitrogen and oxygen atoms in total. The lowest BCUT2D eigenvalue weighted by Gasteiger charge is -2.12. The van der Waals surface area contributed by atoms with Crippen LogP contribution in [0.3, 0.4) is 0 Å². The number of benzene rings is 2. The smallest absolute Gasteiger partial charge is 0.339 e. The molecule has 0 bridgehead atoms. The van der Waals surface area contributed by atoms with Gasteiger partial charge in [0.25, 0.3) is 0 Å². The summed E-state index contributed by atoms with van der Waals surface area (Å²) in [7, 11) is -1.27. The fourth-order valence-corrected chi connectivity index (χ4v) is 3.24. The minimum Gasteiger partial charge on any atom is -0.493 e. The normalized spacial score (nSPS) is 11.1. The summed E-state index contributed by atoms with van der Waals surface area (Å²) < 4.78 is 39.8. The van der Waals surface area contributed by atoms with Crippen molar-refractivity contribution in [1.82, 2.24) is 0 Å². The van der Waals surface area contributed by atoms with E-state index in [4.69, 9.17) is 36.9 Å². The molecule has 2 rings (SSSR count). The molecule has 0 saturated heterocycles. The maximum Gasteiger partial charge on any atom is 0.339 e. The summed E-state index contributed by atoms with van der Waals surface area (Å²) >= 11 is 11.8. The fraction of sp³-hybridized carbons (Fsp3) is 0.143. The fourth-order valence-electron chi connectivity index (χ4n) is 1.69. The minimum atomic E-state index is -4.12. The summed E-state index contributed by atoms with van der Waals surface area (Å²) in [5, 5.41) is 0.188. The molecule has 0 saturated carbocycles. The first-order chi connectivity index (χ1) is 10.4. The molecule has 118 valence electrons. The molecule has 0 radical (unpaired) electrons. The molecule has 0 aliphatic rings. The molecule has 2 aromatic carbocycles. The third-order valence-electron chi connectivity index (χ3n) is 2.76. The third-order valence-corrected chi connectivity index (χ3v) is 4.57. The molecule has 0 amide bonds. The van der Waals surface area contributed by atoms with E-state index < -0.39 is 10.1 Å². The van der Waals surface area contributed by atoms with Crippen LogP contribution in [0.15, 0.2) is 41.3 Å². The SMILES string of the molecule is COc1ccc(S(=O)(=O)Oc2c(Cl)cccc2Cl)cc1OC. The van der Waals surface area contributed by atoms with Crippen LogP contribution in [0.5, 0.6) is 17.2 Å². The highest BCUT2D eigenvalue weighted by Crippen LogP contribution is 2.36. The van der Waals surface area contributed by atoms with E-state index in [0.717, 1.165) is 0 Å². The molecule has 2 aromatic rings. The van der Waals surface area contributed by atoms with Gasteiger partial charge >= 0.3 is 10.1 Å². The predicted octanol–water partition coefficient (Wildman–Crippen LogP) is 3.78. The second-order valence-corrected chi connectivity index (χ2v) is 6.47. The van der Waals surface area contributed by atoms with Gasteiger partial charge in [0.05, 0.1) is 24.3 Å². The van der Waals surface area contributed by atoms with Crippen LogP contribution in [0.4, 0.5) is 0 Å². The van der Waals surface area contributed by atoms with Crippen molar-refractivity contribution < 1.29 is 22.1 Å². The maximum absolute atomic E-state index is 12.3. The van der Waals surface area contributed by atoms with E-state index in [1.54, 1.807) is 6.07 Å². The van der Waals surface area contributed by atoms with Gasteiger partial charge in [-0.1, -0.05) is 29.3 Å². The summed E-state index contributed by atoms with van der Waals surface area (Å²) in [5.41, 5.74) is 0. The average molecular weight is 363 g/mol. The van der Waals surface area contributed by atoms with Gasteiger partial charge in [0, 0.05) is 6.07 Å². The monoisotopic (exact) mass is 362 g/mol. The van der Waals surface area contributed by atoms with Gasteiger partial charge in [-0.05, 0) is 24.3 Å². The highest BCUT2D eigenvalue weighted by atomic mass is 35.5. The largest absolute Gasteiger partial charge is 0.493 e. The molecule has 0 atom stereocenters. The quantitative estimate of drug-likeness (QED) is 0.757. The lowest BCUT2D eigenvalue weighted by atomic mass is 10.3. The third kappa shape index (κ3) is 3.40. The zero-order chi connectivity index (χ0) is 16.3. The van der Waals surface area contributed by atoms with Gasteiger partial charge in [0.1, 0.15) is 4.90 Å². The minimum absolute atomic E-state index is 0.0940. The van der Waals surface area contributed by atoms with Gasteiger partial charge in [-0.2, -0.15) is 8.42 Å². The summed E-state index contributed by atoms with van der Waals surface area (Å²) in [6.45, 7) is 0. The molecular formula is C14H12Cl2O5S. The Labute approximate surface area is 138 Å². The molecule has 0 N–H and O–H groups in total. The van der Waals surface area contributed by atoms with E-state index in [1.807, 2.05) is 0 Å². The van der Waals surface area contributed by atoms with Crippen LogP contribution in [0.2, 0.25) is 10.0 Å². The molecule has 8 heteroatoms. The second kappa shape index (κ2) is 6.64. The van der Waals surface area contributed by atoms with E-state index in [1.165, 1.54) is 44.6 Å². The van der Waals surface area contributed by atoms with Crippen LogP contribution >= 0.6 is 23.2 Å². The molecule has 22 heavy (non-hydrogen) atoms. The van der Waals surface area contributed by atoms with Gasteiger partial charge in [0.15, 0.2) is 17.2 Å². The number of ether oxygens (including phenoxy) is 2. The Bertz CT molecular complexity index is 770. The zero-order valence-corrected chi connectivity index (χ0v) is 14.0. The van der Waals surface area contributed by atoms with Crippen molar-refractivity contribution in [3.63, 3.8) is 0 Å². The molecule has 0 fully saturated rings. The number of para-hydroxylation sites is 1. The van der Waals surface area contributed by atoms with Crippen molar-refractivity contribution in [2.24, 2.45) is 0 Å². The number of methoxy groups -OCH3 is 2. The summed E-state index contributed by atoms with van der Waals surface area (Å²) in [6, 6.07) is 8.63. The predicted molar refractivity (Wildman–Crippen MR) is 83.8 cm³/mol. The Kier molecular flexibility index (Phi) is 5.05. The number of hydrogen-bond acceptors (Lipinski definition) is 5. The maximum atomic E-state index is 12.3. The van der Waals surface area contributed by atoms with Crippen LogP contribution in [0.25, 0.3) is 0 Å². The Morgan fingerprint density at radius 3 is 2.05 bits per heavy atom. The highest BCUT2D eigenvalue weighted by molar-refractivity contribution is 7.87. The van der Waals surface area contributed by atoms with Gasteiger partial charge in [-0.15, -0.1) is 0 Å². The van der Waals surface area contributed by atoms with Crippen molar-refractivity contribution in [3.05, 3.63) is 46.4 Å². The van der Waals surface area contributed by atoms with Crippen LogP contribution in [0.1, 0.15) is 0 Å². The Morgan fingerprint density at radius 2 is 1.50 bits per heavy atom. The van der Waals surface area contributed by atoms with E-state index >= 15 is 0 Å². The van der Waals surface area contributed by atoms with Gasteiger partial charge < -0.3 is 13.7 Å². The van der Waals surface area contributed by atoms with Crippen molar-refractivity contribution in [2.45, 2.75) is 4.90 Å². The lowest BCUT2D eigenvalue weighted by molar-refractivity contribution is 0.353. The Hall–Kier alpha value is -1.63. The lowest BCUT2D eigenvalue weighted by Crippen LogP contribution is -2.10. The van der Waals surface area contributed by atoms with Crippen molar-refractivity contribution >= 4 is 33.3 Å². The topological polar surface area (TPSA) is 61.8 Å². The Morgan fingerprint density at radius 1 is 0.909 bits per heavy atom. The molecular weight excluding hydrogens is 351 g/mol. The van der Waals surface area contributed by atoms with E-state index in [2.05, 4.69) is 0 Å². The van der Waals surface area contributed by atoms with Crippen molar-refractivity contribution in [3.8, 4) is 17.2 Å². The first kappa shape index (κ1) is 16.7. The van der Waals surface area contributed by atoms with E-state index in [9.17, 15) is 8.42 Å². The van der Waals surface area contributed by atoms with Crippen LogP contribution in [0, 0.1) is 0 Å². The van der Waals surface area contributed by atoms with Crippen LogP contribution < -0.4 is 13.7 Å². The highest BCUT2D eigenvalue weighted by Gasteiger charge is 2.22. The van der Waals surface area contributed by atoms with Crippen molar-refractivity contribution in [1.29, 1.82) is 0 Å². The standard InChI is InChI=1S/C14H12Cl2O5S/c1-19-12-7-6-9(8-13(12)20-2)22(17,18)21-14-10(15)4-3-5-11(14)16/h3-8H,1-2H3. The van der Waals surface area contributed by atoms with Gasteiger partial charge in [0.2, 0.25) is 0 Å². The molecule has 0 aliphatic carbocycles. The number of rotatable bonds is 5. The van der Waals surface area contributed by atoms with Gasteiger partial charge in [-0.3, -0.25) is 0 Å². The first-order valence-corrected chi connectivity index (χ1v) is 8.16. The van der Waals surface area contributed by atoms with E-state index in [0.29, 0.717) is 5.75 Å². The number of halogens is 2.